The van der Waals surface area contributed by atoms with Crippen LogP contribution in [0.2, 0.25) is 0 Å². The van der Waals surface area contributed by atoms with E-state index in [-0.39, 0.29) is 5.91 Å². The fourth-order valence-corrected chi connectivity index (χ4v) is 2.64. The molecule has 0 aromatic heterocycles. The summed E-state index contributed by atoms with van der Waals surface area (Å²) in [5.41, 5.74) is -0.339. The summed E-state index contributed by atoms with van der Waals surface area (Å²) in [7, 11) is 0. The lowest BCUT2D eigenvalue weighted by molar-refractivity contribution is -0.128. The molecule has 0 aromatic rings. The summed E-state index contributed by atoms with van der Waals surface area (Å²) in [5, 5.41) is 12.2. The quantitative estimate of drug-likeness (QED) is 0.790. The first-order valence-electron chi connectivity index (χ1n) is 6.36. The molecule has 16 heavy (non-hydrogen) atoms. The summed E-state index contributed by atoms with van der Waals surface area (Å²) in [6, 6.07) is 2.24. The van der Waals surface area contributed by atoms with Crippen molar-refractivity contribution in [2.24, 2.45) is 10.8 Å². The van der Waals surface area contributed by atoms with E-state index in [1.165, 1.54) is 12.8 Å². The number of amides is 1. The van der Waals surface area contributed by atoms with Crippen molar-refractivity contribution in [2.75, 3.05) is 6.54 Å². The van der Waals surface area contributed by atoms with Crippen LogP contribution in [0.4, 0.5) is 0 Å². The Hall–Kier alpha value is -1.04. The topological polar surface area (TPSA) is 52.9 Å². The van der Waals surface area contributed by atoms with Crippen LogP contribution < -0.4 is 5.32 Å². The Labute approximate surface area is 97.2 Å². The van der Waals surface area contributed by atoms with E-state index in [9.17, 15) is 10.1 Å². The number of carbonyl (C=O) groups is 1. The summed E-state index contributed by atoms with van der Waals surface area (Å²) < 4.78 is 0. The molecule has 0 atom stereocenters. The van der Waals surface area contributed by atoms with Crippen LogP contribution in [-0.4, -0.2) is 12.5 Å². The van der Waals surface area contributed by atoms with Crippen LogP contribution in [0.15, 0.2) is 0 Å². The third kappa shape index (κ3) is 1.93. The van der Waals surface area contributed by atoms with Crippen molar-refractivity contribution in [3.63, 3.8) is 0 Å². The number of nitrogens with one attached hydrogen (secondary N) is 1. The number of rotatable bonds is 4. The van der Waals surface area contributed by atoms with Gasteiger partial charge in [-0.05, 0) is 37.5 Å². The van der Waals surface area contributed by atoms with Crippen LogP contribution in [0.1, 0.15) is 51.9 Å². The van der Waals surface area contributed by atoms with Crippen molar-refractivity contribution < 1.29 is 4.79 Å². The third-order valence-electron chi connectivity index (χ3n) is 4.44. The van der Waals surface area contributed by atoms with E-state index in [0.717, 1.165) is 38.6 Å². The molecular formula is C13H20N2O. The Kier molecular flexibility index (Phi) is 2.92. The molecule has 0 aliphatic heterocycles. The summed E-state index contributed by atoms with van der Waals surface area (Å²) >= 11 is 0. The lowest BCUT2D eigenvalue weighted by Gasteiger charge is -2.21. The van der Waals surface area contributed by atoms with Gasteiger partial charge in [-0.3, -0.25) is 4.79 Å². The smallest absolute Gasteiger partial charge is 0.240 e. The van der Waals surface area contributed by atoms with Gasteiger partial charge in [-0.25, -0.2) is 0 Å². The zero-order chi connectivity index (χ0) is 11.6. The standard InChI is InChI=1S/C13H20N2O/c1-2-12(7-8-12)10-15-11(16)13(9-14)5-3-4-6-13/h2-8,10H2,1H3,(H,15,16). The highest BCUT2D eigenvalue weighted by atomic mass is 16.2. The maximum Gasteiger partial charge on any atom is 0.240 e. The van der Waals surface area contributed by atoms with Crippen LogP contribution in [0.25, 0.3) is 0 Å². The predicted molar refractivity (Wildman–Crippen MR) is 61.5 cm³/mol. The number of nitriles is 1. The van der Waals surface area contributed by atoms with Crippen LogP contribution >= 0.6 is 0 Å². The number of carbonyl (C=O) groups excluding carboxylic acids is 1. The molecule has 2 saturated carbocycles. The Morgan fingerprint density at radius 3 is 2.38 bits per heavy atom. The SMILES string of the molecule is CCC1(CNC(=O)C2(C#N)CCCC2)CC1. The maximum atomic E-state index is 12.1. The van der Waals surface area contributed by atoms with Gasteiger partial charge < -0.3 is 5.32 Å². The molecule has 0 bridgehead atoms. The number of hydrogen-bond acceptors (Lipinski definition) is 2. The van der Waals surface area contributed by atoms with Gasteiger partial charge >= 0.3 is 0 Å². The first-order chi connectivity index (χ1) is 7.66. The van der Waals surface area contributed by atoms with Gasteiger partial charge in [0.1, 0.15) is 5.41 Å². The van der Waals surface area contributed by atoms with E-state index in [1.807, 2.05) is 0 Å². The number of hydrogen-bond donors (Lipinski definition) is 1. The summed E-state index contributed by atoms with van der Waals surface area (Å²) in [6.07, 6.45) is 7.10. The summed E-state index contributed by atoms with van der Waals surface area (Å²) in [6.45, 7) is 2.94. The lowest BCUT2D eigenvalue weighted by Crippen LogP contribution is -2.40. The molecule has 0 saturated heterocycles. The van der Waals surface area contributed by atoms with Crippen LogP contribution in [-0.2, 0) is 4.79 Å². The van der Waals surface area contributed by atoms with Gasteiger partial charge in [0.05, 0.1) is 6.07 Å². The molecule has 0 heterocycles. The van der Waals surface area contributed by atoms with Crippen molar-refractivity contribution in [2.45, 2.75) is 51.9 Å². The average Bonchev–Trinajstić information content (AvgIpc) is 2.94. The summed E-state index contributed by atoms with van der Waals surface area (Å²) in [5.74, 6) is -0.0211. The zero-order valence-electron chi connectivity index (χ0n) is 10.0. The van der Waals surface area contributed by atoms with Crippen molar-refractivity contribution in [1.29, 1.82) is 5.26 Å². The molecule has 3 heteroatoms. The van der Waals surface area contributed by atoms with Gasteiger partial charge in [0, 0.05) is 6.54 Å². The molecule has 1 amide bonds. The number of nitrogens with zero attached hydrogens (tertiary/aromatic N) is 1. The predicted octanol–water partition coefficient (Wildman–Crippen LogP) is 2.38. The highest BCUT2D eigenvalue weighted by Gasteiger charge is 2.45. The second kappa shape index (κ2) is 4.08. The molecular weight excluding hydrogens is 200 g/mol. The molecule has 2 fully saturated rings. The third-order valence-corrected chi connectivity index (χ3v) is 4.44. The lowest BCUT2D eigenvalue weighted by atomic mass is 9.87. The van der Waals surface area contributed by atoms with Gasteiger partial charge in [-0.2, -0.15) is 5.26 Å². The fourth-order valence-electron chi connectivity index (χ4n) is 2.64. The molecule has 0 aromatic carbocycles. The van der Waals surface area contributed by atoms with Crippen LogP contribution in [0.5, 0.6) is 0 Å². The van der Waals surface area contributed by atoms with E-state index in [0.29, 0.717) is 5.41 Å². The normalized spacial score (nSPS) is 24.8. The highest BCUT2D eigenvalue weighted by molar-refractivity contribution is 5.85. The van der Waals surface area contributed by atoms with Gasteiger partial charge in [-0.1, -0.05) is 19.8 Å². The Morgan fingerprint density at radius 1 is 1.31 bits per heavy atom. The zero-order valence-corrected chi connectivity index (χ0v) is 10.0. The van der Waals surface area contributed by atoms with Gasteiger partial charge in [0.2, 0.25) is 5.91 Å². The minimum absolute atomic E-state index is 0.0211. The molecule has 0 spiro atoms. The molecule has 1 N–H and O–H groups in total. The molecule has 2 aliphatic carbocycles. The minimum Gasteiger partial charge on any atom is -0.354 e. The molecule has 88 valence electrons. The van der Waals surface area contributed by atoms with Gasteiger partial charge in [-0.15, -0.1) is 0 Å². The van der Waals surface area contributed by atoms with Crippen molar-refractivity contribution >= 4 is 5.91 Å². The first kappa shape index (κ1) is 11.4. The van der Waals surface area contributed by atoms with Crippen molar-refractivity contribution in [3.8, 4) is 6.07 Å². The second-order valence-corrected chi connectivity index (χ2v) is 5.44. The van der Waals surface area contributed by atoms with Crippen LogP contribution in [0.3, 0.4) is 0 Å². The Morgan fingerprint density at radius 2 is 1.94 bits per heavy atom. The van der Waals surface area contributed by atoms with E-state index in [2.05, 4.69) is 18.3 Å². The van der Waals surface area contributed by atoms with Crippen molar-refractivity contribution in [1.82, 2.24) is 5.32 Å². The molecule has 0 unspecified atom stereocenters. The Bertz CT molecular complexity index is 319. The molecule has 3 nitrogen and oxygen atoms in total. The van der Waals surface area contributed by atoms with E-state index in [1.54, 1.807) is 0 Å². The molecule has 2 aliphatic rings. The average molecular weight is 220 g/mol. The maximum absolute atomic E-state index is 12.1. The molecule has 0 radical (unpaired) electrons. The van der Waals surface area contributed by atoms with E-state index in [4.69, 9.17) is 0 Å². The molecule has 2 rings (SSSR count). The minimum atomic E-state index is -0.705. The Balaban J connectivity index is 1.90. The van der Waals surface area contributed by atoms with Gasteiger partial charge in [0.25, 0.3) is 0 Å². The largest absolute Gasteiger partial charge is 0.354 e. The van der Waals surface area contributed by atoms with Crippen molar-refractivity contribution in [3.05, 3.63) is 0 Å². The monoisotopic (exact) mass is 220 g/mol. The van der Waals surface area contributed by atoms with E-state index >= 15 is 0 Å². The summed E-state index contributed by atoms with van der Waals surface area (Å²) in [4.78, 5) is 12.1. The van der Waals surface area contributed by atoms with Gasteiger partial charge in [0.15, 0.2) is 0 Å². The highest BCUT2D eigenvalue weighted by Crippen LogP contribution is 2.48. The second-order valence-electron chi connectivity index (χ2n) is 5.44. The first-order valence-corrected chi connectivity index (χ1v) is 6.36. The van der Waals surface area contributed by atoms with Crippen LogP contribution in [0, 0.1) is 22.2 Å². The van der Waals surface area contributed by atoms with E-state index < -0.39 is 5.41 Å². The fraction of sp³-hybridized carbons (Fsp3) is 0.846.